The highest BCUT2D eigenvalue weighted by Crippen LogP contribution is 2.03. The van der Waals surface area contributed by atoms with Crippen LogP contribution in [0.1, 0.15) is 6.92 Å². The van der Waals surface area contributed by atoms with Crippen LogP contribution in [0.3, 0.4) is 0 Å². The fourth-order valence-corrected chi connectivity index (χ4v) is 1.39. The molecule has 0 aliphatic carbocycles. The van der Waals surface area contributed by atoms with Gasteiger partial charge in [-0.3, -0.25) is 0 Å². The summed E-state index contributed by atoms with van der Waals surface area (Å²) in [6.07, 6.45) is 1.87. The molecule has 5 nitrogen and oxygen atoms in total. The minimum absolute atomic E-state index is 0.597. The van der Waals surface area contributed by atoms with E-state index in [1.54, 1.807) is 4.52 Å². The van der Waals surface area contributed by atoms with E-state index in [0.29, 0.717) is 25.7 Å². The Morgan fingerprint density at radius 3 is 3.18 bits per heavy atom. The van der Waals surface area contributed by atoms with Gasteiger partial charge in [0.2, 0.25) is 5.95 Å². The highest BCUT2D eigenvalue weighted by atomic mass is 16.5. The lowest BCUT2D eigenvalue weighted by Crippen LogP contribution is -2.11. The van der Waals surface area contributed by atoms with Gasteiger partial charge in [-0.15, -0.1) is 5.10 Å². The van der Waals surface area contributed by atoms with Crippen molar-refractivity contribution in [1.82, 2.24) is 14.6 Å². The van der Waals surface area contributed by atoms with Gasteiger partial charge in [0, 0.05) is 12.7 Å². The standard InChI is InChI=1S/C12H16N4O/c1-10(2)9-17-8-6-13-12-14-11-5-3-4-7-16(11)15-12/h3-5,7H,1,6,8-9H2,2H3,(H,13,15). The van der Waals surface area contributed by atoms with Gasteiger partial charge in [0.05, 0.1) is 13.2 Å². The first-order valence-corrected chi connectivity index (χ1v) is 5.53. The molecular formula is C12H16N4O. The molecule has 0 aliphatic rings. The topological polar surface area (TPSA) is 51.5 Å². The maximum atomic E-state index is 5.37. The largest absolute Gasteiger partial charge is 0.375 e. The first-order valence-electron chi connectivity index (χ1n) is 5.53. The third kappa shape index (κ3) is 3.29. The fourth-order valence-electron chi connectivity index (χ4n) is 1.39. The van der Waals surface area contributed by atoms with Crippen LogP contribution in [-0.4, -0.2) is 34.4 Å². The van der Waals surface area contributed by atoms with Crippen LogP contribution in [0.25, 0.3) is 5.65 Å². The quantitative estimate of drug-likeness (QED) is 0.608. The molecular weight excluding hydrogens is 216 g/mol. The highest BCUT2D eigenvalue weighted by Gasteiger charge is 2.00. The number of pyridine rings is 1. The summed E-state index contributed by atoms with van der Waals surface area (Å²) in [4.78, 5) is 4.31. The molecule has 0 amide bonds. The Kier molecular flexibility index (Phi) is 3.72. The second kappa shape index (κ2) is 5.45. The Balaban J connectivity index is 1.81. The first kappa shape index (κ1) is 11.6. The summed E-state index contributed by atoms with van der Waals surface area (Å²) in [5, 5.41) is 7.38. The molecule has 0 atom stereocenters. The molecule has 0 radical (unpaired) electrons. The van der Waals surface area contributed by atoms with Gasteiger partial charge in [-0.05, 0) is 19.1 Å². The second-order valence-corrected chi connectivity index (χ2v) is 3.88. The zero-order valence-corrected chi connectivity index (χ0v) is 9.89. The van der Waals surface area contributed by atoms with Crippen LogP contribution < -0.4 is 5.32 Å². The van der Waals surface area contributed by atoms with Crippen LogP contribution in [0.4, 0.5) is 5.95 Å². The number of ether oxygens (including phenoxy) is 1. The average Bonchev–Trinajstić information content (AvgIpc) is 2.70. The van der Waals surface area contributed by atoms with Gasteiger partial charge in [-0.1, -0.05) is 18.2 Å². The smallest absolute Gasteiger partial charge is 0.243 e. The molecule has 2 aromatic heterocycles. The molecule has 0 fully saturated rings. The normalized spacial score (nSPS) is 10.6. The molecule has 2 aromatic rings. The molecule has 5 heteroatoms. The van der Waals surface area contributed by atoms with Gasteiger partial charge in [0.1, 0.15) is 0 Å². The maximum absolute atomic E-state index is 5.37. The summed E-state index contributed by atoms with van der Waals surface area (Å²) < 4.78 is 7.10. The van der Waals surface area contributed by atoms with Gasteiger partial charge in [-0.25, -0.2) is 4.52 Å². The van der Waals surface area contributed by atoms with E-state index in [4.69, 9.17) is 4.74 Å². The predicted octanol–water partition coefficient (Wildman–Crippen LogP) is 1.73. The molecule has 0 aliphatic heterocycles. The SMILES string of the molecule is C=C(C)COCCNc1nc2ccccn2n1. The van der Waals surface area contributed by atoms with Crippen molar-refractivity contribution >= 4 is 11.6 Å². The van der Waals surface area contributed by atoms with E-state index in [9.17, 15) is 0 Å². The third-order valence-corrected chi connectivity index (χ3v) is 2.12. The van der Waals surface area contributed by atoms with Gasteiger partial charge in [0.15, 0.2) is 5.65 Å². The van der Waals surface area contributed by atoms with Crippen molar-refractivity contribution in [2.45, 2.75) is 6.92 Å². The van der Waals surface area contributed by atoms with Crippen molar-refractivity contribution in [2.24, 2.45) is 0 Å². The van der Waals surface area contributed by atoms with Crippen molar-refractivity contribution < 1.29 is 4.74 Å². The summed E-state index contributed by atoms with van der Waals surface area (Å²) in [6.45, 7) is 7.60. The number of hydrogen-bond donors (Lipinski definition) is 1. The van der Waals surface area contributed by atoms with Crippen molar-refractivity contribution in [2.75, 3.05) is 25.1 Å². The molecule has 0 saturated carbocycles. The van der Waals surface area contributed by atoms with Gasteiger partial charge < -0.3 is 10.1 Å². The summed E-state index contributed by atoms with van der Waals surface area (Å²) >= 11 is 0. The Labute approximate surface area is 100 Å². The number of rotatable bonds is 6. The lowest BCUT2D eigenvalue weighted by molar-refractivity contribution is 0.167. The summed E-state index contributed by atoms with van der Waals surface area (Å²) in [5.74, 6) is 0.620. The fraction of sp³-hybridized carbons (Fsp3) is 0.333. The van der Waals surface area contributed by atoms with E-state index < -0.39 is 0 Å². The summed E-state index contributed by atoms with van der Waals surface area (Å²) in [5.41, 5.74) is 1.86. The molecule has 2 heterocycles. The Morgan fingerprint density at radius 1 is 1.53 bits per heavy atom. The first-order chi connectivity index (χ1) is 8.25. The lowest BCUT2D eigenvalue weighted by Gasteiger charge is -2.03. The number of nitrogens with zero attached hydrogens (tertiary/aromatic N) is 3. The van der Waals surface area contributed by atoms with Gasteiger partial charge >= 0.3 is 0 Å². The summed E-state index contributed by atoms with van der Waals surface area (Å²) in [6, 6.07) is 5.76. The second-order valence-electron chi connectivity index (χ2n) is 3.88. The molecule has 0 unspecified atom stereocenters. The zero-order chi connectivity index (χ0) is 12.1. The lowest BCUT2D eigenvalue weighted by atomic mass is 10.4. The van der Waals surface area contributed by atoms with Crippen molar-refractivity contribution in [3.05, 3.63) is 36.5 Å². The molecule has 2 rings (SSSR count). The number of fused-ring (bicyclic) bond motifs is 1. The Hall–Kier alpha value is -1.88. The van der Waals surface area contributed by atoms with Crippen molar-refractivity contribution in [1.29, 1.82) is 0 Å². The van der Waals surface area contributed by atoms with Gasteiger partial charge in [0.25, 0.3) is 0 Å². The molecule has 0 saturated heterocycles. The van der Waals surface area contributed by atoms with Crippen LogP contribution in [0, 0.1) is 0 Å². The minimum Gasteiger partial charge on any atom is -0.375 e. The minimum atomic E-state index is 0.597. The van der Waals surface area contributed by atoms with Crippen molar-refractivity contribution in [3.8, 4) is 0 Å². The molecule has 0 bridgehead atoms. The van der Waals surface area contributed by atoms with Crippen LogP contribution in [-0.2, 0) is 4.74 Å². The Morgan fingerprint density at radius 2 is 2.41 bits per heavy atom. The number of aromatic nitrogens is 3. The van der Waals surface area contributed by atoms with E-state index in [1.807, 2.05) is 31.3 Å². The molecule has 0 aromatic carbocycles. The highest BCUT2D eigenvalue weighted by molar-refractivity contribution is 5.42. The van der Waals surface area contributed by atoms with Gasteiger partial charge in [-0.2, -0.15) is 4.98 Å². The number of nitrogens with one attached hydrogen (secondary N) is 1. The Bertz CT molecular complexity index is 473. The number of hydrogen-bond acceptors (Lipinski definition) is 4. The molecule has 1 N–H and O–H groups in total. The van der Waals surface area contributed by atoms with Crippen LogP contribution in [0.2, 0.25) is 0 Å². The zero-order valence-electron chi connectivity index (χ0n) is 9.89. The monoisotopic (exact) mass is 232 g/mol. The predicted molar refractivity (Wildman–Crippen MR) is 67.1 cm³/mol. The van der Waals surface area contributed by atoms with E-state index in [0.717, 1.165) is 11.2 Å². The molecule has 90 valence electrons. The summed E-state index contributed by atoms with van der Waals surface area (Å²) in [7, 11) is 0. The van der Waals surface area contributed by atoms with Crippen molar-refractivity contribution in [3.63, 3.8) is 0 Å². The molecule has 0 spiro atoms. The molecule has 17 heavy (non-hydrogen) atoms. The average molecular weight is 232 g/mol. The van der Waals surface area contributed by atoms with E-state index >= 15 is 0 Å². The van der Waals surface area contributed by atoms with Crippen LogP contribution in [0.5, 0.6) is 0 Å². The third-order valence-electron chi connectivity index (χ3n) is 2.12. The van der Waals surface area contributed by atoms with Crippen LogP contribution in [0.15, 0.2) is 36.5 Å². The van der Waals surface area contributed by atoms with Crippen LogP contribution >= 0.6 is 0 Å². The maximum Gasteiger partial charge on any atom is 0.243 e. The van der Waals surface area contributed by atoms with E-state index in [2.05, 4.69) is 22.0 Å². The van der Waals surface area contributed by atoms with E-state index in [-0.39, 0.29) is 0 Å². The van der Waals surface area contributed by atoms with E-state index in [1.165, 1.54) is 0 Å². The number of anilines is 1.